The van der Waals surface area contributed by atoms with E-state index in [4.69, 9.17) is 4.52 Å². The Morgan fingerprint density at radius 2 is 2.17 bits per heavy atom. The molecular formula is C15H14N4O2S2. The Labute approximate surface area is 141 Å². The molecule has 0 aliphatic rings. The molecule has 6 nitrogen and oxygen atoms in total. The lowest BCUT2D eigenvalue weighted by atomic mass is 10.1. The van der Waals surface area contributed by atoms with Crippen LogP contribution >= 0.6 is 23.1 Å². The molecule has 0 aliphatic heterocycles. The zero-order chi connectivity index (χ0) is 16.2. The van der Waals surface area contributed by atoms with Crippen LogP contribution in [-0.2, 0) is 7.05 Å². The molecule has 0 N–H and O–H groups in total. The molecule has 2 heterocycles. The molecule has 118 valence electrons. The number of aryl methyl sites for hydroxylation is 2. The predicted molar refractivity (Wildman–Crippen MR) is 87.8 cm³/mol. The largest absolute Gasteiger partial charge is 0.861 e. The first-order chi connectivity index (χ1) is 11.1. The van der Waals surface area contributed by atoms with Gasteiger partial charge in [0.15, 0.2) is 16.7 Å². The summed E-state index contributed by atoms with van der Waals surface area (Å²) in [4.78, 5) is 8.38. The van der Waals surface area contributed by atoms with E-state index in [1.807, 2.05) is 17.5 Å². The predicted octanol–water partition coefficient (Wildman–Crippen LogP) is 2.11. The molecule has 0 atom stereocenters. The zero-order valence-corrected chi connectivity index (χ0v) is 14.2. The van der Waals surface area contributed by atoms with Crippen LogP contribution in [0, 0.1) is 6.92 Å². The average Bonchev–Trinajstić information content (AvgIpc) is 3.15. The Morgan fingerprint density at radius 1 is 1.39 bits per heavy atom. The smallest absolute Gasteiger partial charge is 0.320 e. The number of thioether (sulfide) groups is 1. The summed E-state index contributed by atoms with van der Waals surface area (Å²) in [6.45, 7) is 2.05. The molecule has 0 saturated heterocycles. The van der Waals surface area contributed by atoms with E-state index in [0.29, 0.717) is 0 Å². The number of benzene rings is 1. The van der Waals surface area contributed by atoms with E-state index >= 15 is 0 Å². The molecule has 0 saturated carbocycles. The summed E-state index contributed by atoms with van der Waals surface area (Å²) in [6.07, 6.45) is 1.54. The number of aliphatic imine (C=N–C) groups is 1. The summed E-state index contributed by atoms with van der Waals surface area (Å²) in [5, 5.41) is 17.4. The monoisotopic (exact) mass is 346 g/mol. The van der Waals surface area contributed by atoms with Crippen molar-refractivity contribution in [3.8, 4) is 11.3 Å². The Morgan fingerprint density at radius 3 is 2.87 bits per heavy atom. The molecule has 1 aromatic carbocycles. The fourth-order valence-electron chi connectivity index (χ4n) is 1.82. The number of hydrogen-bond donors (Lipinski definition) is 0. The molecule has 8 heteroatoms. The number of rotatable bonds is 5. The van der Waals surface area contributed by atoms with Crippen molar-refractivity contribution in [2.45, 2.75) is 11.3 Å². The van der Waals surface area contributed by atoms with Gasteiger partial charge in [0.05, 0.1) is 5.69 Å². The van der Waals surface area contributed by atoms with Crippen LogP contribution in [-0.4, -0.2) is 21.9 Å². The Balaban J connectivity index is 1.63. The number of aromatic nitrogens is 3. The molecule has 0 bridgehead atoms. The van der Waals surface area contributed by atoms with Crippen LogP contribution in [0.5, 0.6) is 0 Å². The second kappa shape index (κ2) is 6.93. The maximum atomic E-state index is 11.8. The third-order valence-corrected chi connectivity index (χ3v) is 4.95. The average molecular weight is 346 g/mol. The maximum Gasteiger partial charge on any atom is 0.320 e. The van der Waals surface area contributed by atoms with E-state index in [2.05, 4.69) is 34.3 Å². The lowest BCUT2D eigenvalue weighted by molar-refractivity contribution is -0.739. The van der Waals surface area contributed by atoms with Crippen LogP contribution in [0.2, 0.25) is 0 Å². The first kappa shape index (κ1) is 15.7. The molecule has 2 aromatic heterocycles. The van der Waals surface area contributed by atoms with Crippen molar-refractivity contribution in [1.29, 1.82) is 0 Å². The summed E-state index contributed by atoms with van der Waals surface area (Å²) in [5.74, 6) is 0.141. The maximum absolute atomic E-state index is 11.8. The van der Waals surface area contributed by atoms with Crippen molar-refractivity contribution in [2.75, 3.05) is 5.75 Å². The summed E-state index contributed by atoms with van der Waals surface area (Å²) in [6, 6.07) is 8.20. The number of thiazole rings is 1. The highest BCUT2D eigenvalue weighted by molar-refractivity contribution is 8.01. The highest BCUT2D eigenvalue weighted by atomic mass is 32.2. The Kier molecular flexibility index (Phi) is 4.73. The van der Waals surface area contributed by atoms with Crippen molar-refractivity contribution in [2.24, 2.45) is 12.0 Å². The molecule has 0 fully saturated rings. The molecule has 3 rings (SSSR count). The van der Waals surface area contributed by atoms with Gasteiger partial charge in [0, 0.05) is 16.7 Å². The topological polar surface area (TPSA) is 78.2 Å². The number of hydrogen-bond acceptors (Lipinski definition) is 7. The van der Waals surface area contributed by atoms with Crippen LogP contribution in [0.4, 0.5) is 5.88 Å². The first-order valence-electron chi connectivity index (χ1n) is 6.83. The van der Waals surface area contributed by atoms with Gasteiger partial charge in [-0.1, -0.05) is 46.3 Å². The van der Waals surface area contributed by atoms with Crippen molar-refractivity contribution in [3.05, 3.63) is 41.4 Å². The van der Waals surface area contributed by atoms with Crippen LogP contribution in [0.25, 0.3) is 11.3 Å². The van der Waals surface area contributed by atoms with Gasteiger partial charge in [-0.2, -0.15) is 0 Å². The summed E-state index contributed by atoms with van der Waals surface area (Å²) in [5.41, 5.74) is 3.21. The standard InChI is InChI=1S/C15H14N4O2S2/c1-10-3-5-11(6-4-10)12-8-22-15(16-12)23-9-13(20)17-14-7-19(2)18-21-14/h3-8H,9H2,1-2H3. The van der Waals surface area contributed by atoms with Gasteiger partial charge in [-0.25, -0.2) is 9.98 Å². The molecule has 0 unspecified atom stereocenters. The van der Waals surface area contributed by atoms with Gasteiger partial charge < -0.3 is 5.11 Å². The molecular weight excluding hydrogens is 332 g/mol. The summed E-state index contributed by atoms with van der Waals surface area (Å²) >= 11 is 2.89. The first-order valence-corrected chi connectivity index (χ1v) is 8.69. The van der Waals surface area contributed by atoms with Crippen molar-refractivity contribution >= 4 is 34.9 Å². The lowest BCUT2D eigenvalue weighted by Gasteiger charge is -2.06. The number of nitrogens with zero attached hydrogens (tertiary/aromatic N) is 4. The SMILES string of the molecule is Cc1ccc(-c2csc(SC/C([O-])=N\c3c[n+](C)no3)n2)cc1. The van der Waals surface area contributed by atoms with Crippen LogP contribution in [0.1, 0.15) is 5.56 Å². The quantitative estimate of drug-likeness (QED) is 0.306. The minimum absolute atomic E-state index is 0.206. The fourth-order valence-corrected chi connectivity index (χ4v) is 3.44. The minimum Gasteiger partial charge on any atom is -0.861 e. The van der Waals surface area contributed by atoms with Crippen molar-refractivity contribution < 1.29 is 14.3 Å². The second-order valence-electron chi connectivity index (χ2n) is 4.87. The third kappa shape index (κ3) is 4.17. The van der Waals surface area contributed by atoms with E-state index in [0.717, 1.165) is 15.6 Å². The van der Waals surface area contributed by atoms with Crippen molar-refractivity contribution in [1.82, 2.24) is 10.3 Å². The molecule has 0 aliphatic carbocycles. The van der Waals surface area contributed by atoms with Gasteiger partial charge in [0.1, 0.15) is 0 Å². The summed E-state index contributed by atoms with van der Waals surface area (Å²) < 4.78 is 7.15. The molecule has 3 aromatic rings. The van der Waals surface area contributed by atoms with E-state index in [1.54, 1.807) is 13.2 Å². The normalized spacial score (nSPS) is 11.8. The fraction of sp³-hybridized carbons (Fsp3) is 0.200. The Hall–Kier alpha value is -2.19. The van der Waals surface area contributed by atoms with Crippen LogP contribution in [0.15, 0.2) is 49.7 Å². The van der Waals surface area contributed by atoms with Crippen LogP contribution in [0.3, 0.4) is 0 Å². The second-order valence-corrected chi connectivity index (χ2v) is 6.95. The summed E-state index contributed by atoms with van der Waals surface area (Å²) in [7, 11) is 1.70. The van der Waals surface area contributed by atoms with Gasteiger partial charge >= 0.3 is 5.88 Å². The van der Waals surface area contributed by atoms with Gasteiger partial charge in [-0.3, -0.25) is 4.52 Å². The molecule has 23 heavy (non-hydrogen) atoms. The lowest BCUT2D eigenvalue weighted by Crippen LogP contribution is -2.27. The molecule has 0 amide bonds. The highest BCUT2D eigenvalue weighted by Gasteiger charge is 2.06. The van der Waals surface area contributed by atoms with E-state index in [9.17, 15) is 5.11 Å². The van der Waals surface area contributed by atoms with Gasteiger partial charge in [0.2, 0.25) is 0 Å². The zero-order valence-electron chi connectivity index (χ0n) is 12.6. The highest BCUT2D eigenvalue weighted by Crippen LogP contribution is 2.28. The van der Waals surface area contributed by atoms with Crippen LogP contribution < -0.4 is 9.79 Å². The van der Waals surface area contributed by atoms with Gasteiger partial charge in [-0.05, 0) is 12.8 Å². The molecule has 0 spiro atoms. The van der Waals surface area contributed by atoms with E-state index in [-0.39, 0.29) is 17.5 Å². The molecule has 0 radical (unpaired) electrons. The van der Waals surface area contributed by atoms with E-state index in [1.165, 1.54) is 33.3 Å². The van der Waals surface area contributed by atoms with Crippen molar-refractivity contribution in [3.63, 3.8) is 0 Å². The van der Waals surface area contributed by atoms with Gasteiger partial charge in [-0.15, -0.1) is 11.3 Å². The Bertz CT molecular complexity index is 824. The minimum atomic E-state index is -0.279. The third-order valence-electron chi connectivity index (χ3n) is 2.94. The van der Waals surface area contributed by atoms with Gasteiger partial charge in [0.25, 0.3) is 6.20 Å². The van der Waals surface area contributed by atoms with E-state index < -0.39 is 0 Å².